The van der Waals surface area contributed by atoms with Gasteiger partial charge < -0.3 is 19.6 Å². The van der Waals surface area contributed by atoms with Gasteiger partial charge in [0, 0.05) is 38.6 Å². The minimum absolute atomic E-state index is 0.0160. The fourth-order valence-corrected chi connectivity index (χ4v) is 4.01. The molecule has 0 spiro atoms. The molecule has 1 aliphatic rings. The average Bonchev–Trinajstić information content (AvgIpc) is 2.96. The molecule has 1 aliphatic heterocycles. The average molecular weight is 542 g/mol. The summed E-state index contributed by atoms with van der Waals surface area (Å²) in [6.45, 7) is 2.01. The molecular formula is C29H30F3N3O4. The summed E-state index contributed by atoms with van der Waals surface area (Å²) < 4.78 is 49.4. The van der Waals surface area contributed by atoms with Gasteiger partial charge in [0.2, 0.25) is 0 Å². The van der Waals surface area contributed by atoms with Gasteiger partial charge in [-0.25, -0.2) is 0 Å². The van der Waals surface area contributed by atoms with E-state index in [4.69, 9.17) is 14.3 Å². The molecule has 3 aromatic rings. The highest BCUT2D eigenvalue weighted by Crippen LogP contribution is 2.29. The van der Waals surface area contributed by atoms with E-state index in [1.807, 2.05) is 24.3 Å². The highest BCUT2D eigenvalue weighted by Gasteiger charge is 2.29. The molecule has 2 aromatic carbocycles. The van der Waals surface area contributed by atoms with E-state index in [9.17, 15) is 18.0 Å². The highest BCUT2D eigenvalue weighted by molar-refractivity contribution is 6.01. The van der Waals surface area contributed by atoms with Gasteiger partial charge in [0.15, 0.2) is 6.61 Å². The van der Waals surface area contributed by atoms with Gasteiger partial charge in [-0.3, -0.25) is 9.78 Å². The van der Waals surface area contributed by atoms with Crippen LogP contribution in [-0.2, 0) is 33.6 Å². The normalized spacial score (nSPS) is 14.6. The number of halogens is 3. The molecule has 0 radical (unpaired) electrons. The van der Waals surface area contributed by atoms with Crippen molar-refractivity contribution >= 4 is 11.6 Å². The van der Waals surface area contributed by atoms with E-state index in [0.29, 0.717) is 35.9 Å². The molecule has 0 bridgehead atoms. The minimum Gasteiger partial charge on any atom is -0.484 e. The van der Waals surface area contributed by atoms with Crippen molar-refractivity contribution in [3.63, 3.8) is 0 Å². The number of amides is 1. The molecule has 7 nitrogen and oxygen atoms in total. The molecule has 39 heavy (non-hydrogen) atoms. The van der Waals surface area contributed by atoms with Crippen molar-refractivity contribution in [1.29, 1.82) is 0 Å². The number of pyridine rings is 1. The number of carbonyl (C=O) groups is 1. The van der Waals surface area contributed by atoms with E-state index < -0.39 is 11.7 Å². The number of rotatable bonds is 11. The van der Waals surface area contributed by atoms with Crippen LogP contribution in [0.3, 0.4) is 0 Å². The molecule has 0 aliphatic carbocycles. The lowest BCUT2D eigenvalue weighted by atomic mass is 10.0. The van der Waals surface area contributed by atoms with Crippen LogP contribution in [-0.4, -0.2) is 43.0 Å². The first kappa shape index (κ1) is 28.1. The molecule has 0 saturated carbocycles. The van der Waals surface area contributed by atoms with Crippen molar-refractivity contribution in [3.8, 4) is 5.75 Å². The Balaban J connectivity index is 1.35. The number of nitrogens with one attached hydrogen (secondary N) is 1. The van der Waals surface area contributed by atoms with Crippen molar-refractivity contribution < 1.29 is 32.3 Å². The molecule has 206 valence electrons. The van der Waals surface area contributed by atoms with Crippen molar-refractivity contribution in [2.75, 3.05) is 26.4 Å². The Hall–Kier alpha value is -3.92. The molecule has 1 amide bonds. The first-order valence-corrected chi connectivity index (χ1v) is 12.7. The standard InChI is InChI=1S/C29H30F3N3O4/c30-29(31,32)25-5-1-23(2-6-25)19-39-35-27(17-21-9-13-33-14-10-21)24-3-7-26(8-4-24)38-20-28(36)34-18-22-11-15-37-16-12-22/h1-10,13-14,22H,11-12,15-20H2,(H,34,36). The summed E-state index contributed by atoms with van der Waals surface area (Å²) in [5.41, 5.74) is 2.20. The predicted octanol–water partition coefficient (Wildman–Crippen LogP) is 5.19. The molecule has 1 saturated heterocycles. The Labute approximate surface area is 225 Å². The van der Waals surface area contributed by atoms with Crippen LogP contribution in [0.25, 0.3) is 0 Å². The van der Waals surface area contributed by atoms with Crippen LogP contribution in [0.4, 0.5) is 13.2 Å². The van der Waals surface area contributed by atoms with Crippen LogP contribution >= 0.6 is 0 Å². The lowest BCUT2D eigenvalue weighted by molar-refractivity contribution is -0.137. The summed E-state index contributed by atoms with van der Waals surface area (Å²) >= 11 is 0. The number of hydrogen-bond acceptors (Lipinski definition) is 6. The second-order valence-corrected chi connectivity index (χ2v) is 9.21. The van der Waals surface area contributed by atoms with Crippen LogP contribution in [0.5, 0.6) is 5.75 Å². The summed E-state index contributed by atoms with van der Waals surface area (Å²) in [4.78, 5) is 21.7. The summed E-state index contributed by atoms with van der Waals surface area (Å²) in [6.07, 6.45) is 1.31. The fourth-order valence-electron chi connectivity index (χ4n) is 4.01. The zero-order chi connectivity index (χ0) is 27.5. The zero-order valence-electron chi connectivity index (χ0n) is 21.3. The first-order valence-electron chi connectivity index (χ1n) is 12.7. The molecule has 0 atom stereocenters. The van der Waals surface area contributed by atoms with Crippen molar-refractivity contribution in [2.45, 2.75) is 32.0 Å². The van der Waals surface area contributed by atoms with E-state index in [2.05, 4.69) is 15.5 Å². The van der Waals surface area contributed by atoms with E-state index in [1.54, 1.807) is 24.5 Å². The predicted molar refractivity (Wildman–Crippen MR) is 139 cm³/mol. The Morgan fingerprint density at radius 1 is 0.974 bits per heavy atom. The first-order chi connectivity index (χ1) is 18.9. The van der Waals surface area contributed by atoms with E-state index in [-0.39, 0.29) is 19.1 Å². The third-order valence-electron chi connectivity index (χ3n) is 6.29. The molecule has 0 unspecified atom stereocenters. The topological polar surface area (TPSA) is 82.0 Å². The van der Waals surface area contributed by atoms with Gasteiger partial charge in [-0.15, -0.1) is 0 Å². The van der Waals surface area contributed by atoms with Gasteiger partial charge >= 0.3 is 6.18 Å². The second kappa shape index (κ2) is 13.7. The van der Waals surface area contributed by atoms with E-state index in [0.717, 1.165) is 49.3 Å². The monoisotopic (exact) mass is 541 g/mol. The Morgan fingerprint density at radius 3 is 2.33 bits per heavy atom. The number of oxime groups is 1. The summed E-state index contributed by atoms with van der Waals surface area (Å²) in [6, 6.07) is 15.6. The largest absolute Gasteiger partial charge is 0.484 e. The summed E-state index contributed by atoms with van der Waals surface area (Å²) in [7, 11) is 0. The second-order valence-electron chi connectivity index (χ2n) is 9.21. The molecule has 2 heterocycles. The Bertz CT molecular complexity index is 1210. The number of aromatic nitrogens is 1. The molecule has 4 rings (SSSR count). The van der Waals surface area contributed by atoms with Gasteiger partial charge in [0.05, 0.1) is 11.3 Å². The number of alkyl halides is 3. The van der Waals surface area contributed by atoms with Crippen LogP contribution in [0, 0.1) is 5.92 Å². The van der Waals surface area contributed by atoms with Crippen LogP contribution in [0.2, 0.25) is 0 Å². The quantitative estimate of drug-likeness (QED) is 0.267. The molecular weight excluding hydrogens is 511 g/mol. The third-order valence-corrected chi connectivity index (χ3v) is 6.29. The fraction of sp³-hybridized carbons (Fsp3) is 0.345. The number of hydrogen-bond donors (Lipinski definition) is 1. The number of carbonyl (C=O) groups excluding carboxylic acids is 1. The Kier molecular flexibility index (Phi) is 9.91. The Morgan fingerprint density at radius 2 is 1.67 bits per heavy atom. The van der Waals surface area contributed by atoms with Gasteiger partial charge in [-0.05, 0) is 84.0 Å². The van der Waals surface area contributed by atoms with Crippen LogP contribution < -0.4 is 10.1 Å². The smallest absolute Gasteiger partial charge is 0.416 e. The molecule has 1 fully saturated rings. The van der Waals surface area contributed by atoms with E-state index in [1.165, 1.54) is 12.1 Å². The lowest BCUT2D eigenvalue weighted by Gasteiger charge is -2.22. The maximum absolute atomic E-state index is 12.8. The summed E-state index contributed by atoms with van der Waals surface area (Å²) in [5.74, 6) is 0.789. The lowest BCUT2D eigenvalue weighted by Crippen LogP contribution is -2.35. The zero-order valence-corrected chi connectivity index (χ0v) is 21.3. The summed E-state index contributed by atoms with van der Waals surface area (Å²) in [5, 5.41) is 7.20. The minimum atomic E-state index is -4.39. The number of ether oxygens (including phenoxy) is 2. The highest BCUT2D eigenvalue weighted by atomic mass is 19.4. The number of benzene rings is 2. The van der Waals surface area contributed by atoms with Crippen molar-refractivity contribution in [2.24, 2.45) is 11.1 Å². The molecule has 10 heteroatoms. The van der Waals surface area contributed by atoms with Crippen molar-refractivity contribution in [1.82, 2.24) is 10.3 Å². The van der Waals surface area contributed by atoms with Crippen molar-refractivity contribution in [3.05, 3.63) is 95.3 Å². The molecule has 1 aromatic heterocycles. The van der Waals surface area contributed by atoms with Crippen LogP contribution in [0.1, 0.15) is 35.1 Å². The maximum atomic E-state index is 12.8. The molecule has 1 N–H and O–H groups in total. The van der Waals surface area contributed by atoms with E-state index >= 15 is 0 Å². The van der Waals surface area contributed by atoms with Crippen LogP contribution in [0.15, 0.2) is 78.2 Å². The van der Waals surface area contributed by atoms with Gasteiger partial charge in [-0.1, -0.05) is 17.3 Å². The SMILES string of the molecule is O=C(COc1ccc(C(Cc2ccncc2)=NOCc2ccc(C(F)(F)F)cc2)cc1)NCC1CCOCC1. The van der Waals surface area contributed by atoms with Gasteiger partial charge in [-0.2, -0.15) is 13.2 Å². The van der Waals surface area contributed by atoms with Gasteiger partial charge in [0.1, 0.15) is 12.4 Å². The maximum Gasteiger partial charge on any atom is 0.416 e. The van der Waals surface area contributed by atoms with Gasteiger partial charge in [0.25, 0.3) is 5.91 Å². The third kappa shape index (κ3) is 9.10. The number of nitrogens with zero attached hydrogens (tertiary/aromatic N) is 2.